The van der Waals surface area contributed by atoms with E-state index in [1.165, 1.54) is 6.92 Å². The van der Waals surface area contributed by atoms with Crippen molar-refractivity contribution in [3.63, 3.8) is 0 Å². The number of hydrogen-bond acceptors (Lipinski definition) is 20. The van der Waals surface area contributed by atoms with Crippen LogP contribution in [0.5, 0.6) is 0 Å². The topological polar surface area (TPSA) is 328 Å². The molecule has 0 aromatic heterocycles. The van der Waals surface area contributed by atoms with Gasteiger partial charge in [-0.3, -0.25) is 0 Å². The van der Waals surface area contributed by atoms with Crippen LogP contribution in [0.2, 0.25) is 0 Å². The fourth-order valence-corrected chi connectivity index (χ4v) is 5.37. The lowest BCUT2D eigenvalue weighted by Crippen LogP contribution is -2.65. The van der Waals surface area contributed by atoms with Gasteiger partial charge in [0.1, 0.15) is 91.6 Å². The van der Waals surface area contributed by atoms with Crippen molar-refractivity contribution in [3.05, 3.63) is 0 Å². The molecule has 4 aliphatic rings. The second-order valence-electron chi connectivity index (χ2n) is 11.2. The molecule has 4 heterocycles. The first-order chi connectivity index (χ1) is 20.7. The van der Waals surface area contributed by atoms with Crippen molar-refractivity contribution < 1.29 is 99.5 Å². The molecule has 0 unspecified atom stereocenters. The highest BCUT2D eigenvalue weighted by Gasteiger charge is 2.53. The highest BCUT2D eigenvalue weighted by Crippen LogP contribution is 2.32. The molecule has 0 aromatic rings. The van der Waals surface area contributed by atoms with E-state index in [9.17, 15) is 66.4 Å². The second-order valence-corrected chi connectivity index (χ2v) is 11.2. The molecule has 0 aromatic carbocycles. The van der Waals surface area contributed by atoms with E-state index >= 15 is 0 Å². The van der Waals surface area contributed by atoms with Gasteiger partial charge in [0.15, 0.2) is 25.2 Å². The molecule has 20 heteroatoms. The zero-order valence-electron chi connectivity index (χ0n) is 23.3. The molecule has 13 N–H and O–H groups in total. The fourth-order valence-electron chi connectivity index (χ4n) is 5.37. The van der Waals surface area contributed by atoms with Crippen molar-refractivity contribution in [1.29, 1.82) is 0 Å². The fraction of sp³-hybridized carbons (Fsp3) is 1.00. The van der Waals surface area contributed by atoms with Gasteiger partial charge < -0.3 is 99.5 Å². The van der Waals surface area contributed by atoms with E-state index < -0.39 is 143 Å². The predicted molar refractivity (Wildman–Crippen MR) is 132 cm³/mol. The highest BCUT2D eigenvalue weighted by atomic mass is 16.8. The molecular formula is C24H42O20. The Bertz CT molecular complexity index is 898. The third-order valence-corrected chi connectivity index (χ3v) is 8.15. The lowest BCUT2D eigenvalue weighted by molar-refractivity contribution is -0.372. The first-order valence-electron chi connectivity index (χ1n) is 14.0. The van der Waals surface area contributed by atoms with Crippen LogP contribution < -0.4 is 0 Å². The van der Waals surface area contributed by atoms with Crippen molar-refractivity contribution in [2.45, 2.75) is 130 Å². The summed E-state index contributed by atoms with van der Waals surface area (Å²) >= 11 is 0. The van der Waals surface area contributed by atoms with Gasteiger partial charge in [-0.15, -0.1) is 0 Å². The summed E-state index contributed by atoms with van der Waals surface area (Å²) in [7, 11) is 0. The molecule has 20 nitrogen and oxygen atoms in total. The monoisotopic (exact) mass is 650 g/mol. The Hall–Kier alpha value is -0.800. The molecule has 0 aliphatic carbocycles. The molecule has 4 rings (SSSR count). The van der Waals surface area contributed by atoms with Gasteiger partial charge in [0, 0.05) is 0 Å². The molecule has 258 valence electrons. The maximum Gasteiger partial charge on any atom is 0.187 e. The summed E-state index contributed by atoms with van der Waals surface area (Å²) in [6.07, 6.45) is -33.2. The Morgan fingerprint density at radius 3 is 1.55 bits per heavy atom. The van der Waals surface area contributed by atoms with E-state index in [2.05, 4.69) is 0 Å². The van der Waals surface area contributed by atoms with Crippen molar-refractivity contribution in [2.75, 3.05) is 19.8 Å². The van der Waals surface area contributed by atoms with Gasteiger partial charge in [0.05, 0.1) is 25.9 Å². The maximum atomic E-state index is 10.7. The molecule has 0 saturated carbocycles. The van der Waals surface area contributed by atoms with Crippen molar-refractivity contribution in [1.82, 2.24) is 0 Å². The molecule has 4 saturated heterocycles. The van der Waals surface area contributed by atoms with Gasteiger partial charge in [0.25, 0.3) is 0 Å². The summed E-state index contributed by atoms with van der Waals surface area (Å²) in [6.45, 7) is -0.845. The average molecular weight is 651 g/mol. The molecule has 44 heavy (non-hydrogen) atoms. The summed E-state index contributed by atoms with van der Waals surface area (Å²) in [5, 5.41) is 132. The van der Waals surface area contributed by atoms with Crippen LogP contribution in [-0.4, -0.2) is 209 Å². The molecule has 4 aliphatic heterocycles. The molecular weight excluding hydrogens is 608 g/mol. The smallest absolute Gasteiger partial charge is 0.187 e. The Balaban J connectivity index is 1.34. The van der Waals surface area contributed by atoms with Crippen LogP contribution in [0.15, 0.2) is 0 Å². The quantitative estimate of drug-likeness (QED) is 0.110. The molecule has 20 atom stereocenters. The third-order valence-electron chi connectivity index (χ3n) is 8.15. The average Bonchev–Trinajstić information content (AvgIpc) is 3.00. The van der Waals surface area contributed by atoms with E-state index in [1.807, 2.05) is 0 Å². The van der Waals surface area contributed by atoms with Crippen molar-refractivity contribution in [2.24, 2.45) is 0 Å². The summed E-state index contributed by atoms with van der Waals surface area (Å²) in [4.78, 5) is 0. The number of rotatable bonds is 9. The van der Waals surface area contributed by atoms with Crippen LogP contribution in [0, 0.1) is 0 Å². The van der Waals surface area contributed by atoms with Crippen molar-refractivity contribution >= 4 is 0 Å². The summed E-state index contributed by atoms with van der Waals surface area (Å²) in [5.74, 6) is 0. The minimum Gasteiger partial charge on any atom is -0.394 e. The Morgan fingerprint density at radius 2 is 0.932 bits per heavy atom. The van der Waals surface area contributed by atoms with Gasteiger partial charge >= 0.3 is 0 Å². The standard InChI is InChI=1S/C24H42O20/c1-5-9(27)12(30)16(34)23(39-5)43-19-7(3-26)42-22(18(36)15(19)33)38-4-8-11(29)14(32)20(21(37)40-8)44-24-17(35)13(31)10(28)6(2-25)41-24/h5-37H,2-4H2,1H3/t5-,6+,7+,8+,9-,10+,11+,12+,13-,14-,15-,16+,17+,18+,19+,20+,21+,22+,23-,24-/m0/s1. The summed E-state index contributed by atoms with van der Waals surface area (Å²) in [5.41, 5.74) is 0. The lowest BCUT2D eigenvalue weighted by Gasteiger charge is -2.46. The lowest BCUT2D eigenvalue weighted by atomic mass is 9.96. The molecule has 0 radical (unpaired) electrons. The number of aliphatic hydroxyl groups excluding tert-OH is 13. The van der Waals surface area contributed by atoms with Crippen LogP contribution in [0.1, 0.15) is 6.92 Å². The summed E-state index contributed by atoms with van der Waals surface area (Å²) in [6, 6.07) is 0. The summed E-state index contributed by atoms with van der Waals surface area (Å²) < 4.78 is 37.5. The SMILES string of the molecule is C[C@@H]1O[C@@H](O[C@H]2[C@@H](O)[C@@H](O)[C@H](OC[C@H]3O[C@@H](O)[C@H](O[C@@H]4O[C@H](CO)[C@@H](O)[C@H](O)[C@H]4O)[C@@H](O)[C@@H]3O)O[C@@H]2CO)[C@H](O)[C@H](O)[C@H]1O. The predicted octanol–water partition coefficient (Wildman–Crippen LogP) is -8.72. The zero-order valence-corrected chi connectivity index (χ0v) is 23.3. The number of aliphatic hydroxyl groups is 13. The first-order valence-corrected chi connectivity index (χ1v) is 14.0. The third kappa shape index (κ3) is 7.19. The van der Waals surface area contributed by atoms with Gasteiger partial charge in [-0.2, -0.15) is 0 Å². The van der Waals surface area contributed by atoms with Crippen LogP contribution in [0.4, 0.5) is 0 Å². The van der Waals surface area contributed by atoms with Crippen LogP contribution in [-0.2, 0) is 33.2 Å². The minimum absolute atomic E-state index is 0.674. The normalized spacial score (nSPS) is 53.9. The first kappa shape index (κ1) is 36.0. The van der Waals surface area contributed by atoms with E-state index in [-0.39, 0.29) is 0 Å². The van der Waals surface area contributed by atoms with E-state index in [4.69, 9.17) is 33.2 Å². The van der Waals surface area contributed by atoms with Crippen LogP contribution >= 0.6 is 0 Å². The van der Waals surface area contributed by atoms with Crippen LogP contribution in [0.25, 0.3) is 0 Å². The van der Waals surface area contributed by atoms with E-state index in [0.29, 0.717) is 0 Å². The Kier molecular flexibility index (Phi) is 12.3. The Morgan fingerprint density at radius 1 is 0.455 bits per heavy atom. The number of ether oxygens (including phenoxy) is 7. The van der Waals surface area contributed by atoms with E-state index in [1.54, 1.807) is 0 Å². The second kappa shape index (κ2) is 15.0. The minimum atomic E-state index is -1.99. The van der Waals surface area contributed by atoms with Crippen LogP contribution in [0.3, 0.4) is 0 Å². The highest BCUT2D eigenvalue weighted by molar-refractivity contribution is 4.96. The molecule has 0 amide bonds. The largest absolute Gasteiger partial charge is 0.394 e. The van der Waals surface area contributed by atoms with Gasteiger partial charge in [-0.05, 0) is 6.92 Å². The number of hydrogen-bond donors (Lipinski definition) is 13. The van der Waals surface area contributed by atoms with Gasteiger partial charge in [-0.25, -0.2) is 0 Å². The molecule has 0 spiro atoms. The van der Waals surface area contributed by atoms with E-state index in [0.717, 1.165) is 0 Å². The van der Waals surface area contributed by atoms with Gasteiger partial charge in [0.2, 0.25) is 0 Å². The maximum absolute atomic E-state index is 10.7. The zero-order chi connectivity index (χ0) is 32.6. The van der Waals surface area contributed by atoms with Gasteiger partial charge in [-0.1, -0.05) is 0 Å². The molecule has 4 fully saturated rings. The Labute approximate surface area is 249 Å². The molecule has 0 bridgehead atoms. The van der Waals surface area contributed by atoms with Crippen molar-refractivity contribution in [3.8, 4) is 0 Å².